The number of hydrogen-bond acceptors (Lipinski definition) is 5. The molecule has 2 aliphatic heterocycles. The zero-order valence-electron chi connectivity index (χ0n) is 12.8. The zero-order valence-corrected chi connectivity index (χ0v) is 12.8. The van der Waals surface area contributed by atoms with Crippen molar-refractivity contribution < 1.29 is 14.6 Å². The lowest BCUT2D eigenvalue weighted by molar-refractivity contribution is 0.112. The average molecular weight is 292 g/mol. The lowest BCUT2D eigenvalue weighted by Gasteiger charge is -2.27. The van der Waals surface area contributed by atoms with Gasteiger partial charge in [0.15, 0.2) is 11.5 Å². The van der Waals surface area contributed by atoms with Crippen molar-refractivity contribution in [2.24, 2.45) is 0 Å². The van der Waals surface area contributed by atoms with Crippen molar-refractivity contribution in [1.82, 2.24) is 9.80 Å². The van der Waals surface area contributed by atoms with Gasteiger partial charge < -0.3 is 24.4 Å². The predicted octanol–water partition coefficient (Wildman–Crippen LogP) is 1.47. The van der Waals surface area contributed by atoms with Crippen LogP contribution in [0, 0.1) is 0 Å². The SMILES string of the molecule is CN(CC(O)c1ccc2c(c1)OCO2)CC1CCCN1C. The number of fused-ring (bicyclic) bond motifs is 1. The number of likely N-dealkylation sites (tertiary alicyclic amines) is 1. The van der Waals surface area contributed by atoms with Crippen LogP contribution in [0.5, 0.6) is 11.5 Å². The predicted molar refractivity (Wildman–Crippen MR) is 80.7 cm³/mol. The van der Waals surface area contributed by atoms with E-state index in [-0.39, 0.29) is 6.79 Å². The molecule has 1 aromatic carbocycles. The fourth-order valence-corrected chi connectivity index (χ4v) is 3.17. The summed E-state index contributed by atoms with van der Waals surface area (Å²) < 4.78 is 10.7. The Labute approximate surface area is 126 Å². The van der Waals surface area contributed by atoms with Gasteiger partial charge in [-0.15, -0.1) is 0 Å². The number of hydrogen-bond donors (Lipinski definition) is 1. The first-order valence-electron chi connectivity index (χ1n) is 7.60. The van der Waals surface area contributed by atoms with E-state index in [4.69, 9.17) is 9.47 Å². The lowest BCUT2D eigenvalue weighted by Crippen LogP contribution is -2.38. The third-order valence-electron chi connectivity index (χ3n) is 4.46. The van der Waals surface area contributed by atoms with Crippen LogP contribution in [-0.2, 0) is 0 Å². The van der Waals surface area contributed by atoms with Gasteiger partial charge in [0.05, 0.1) is 6.10 Å². The molecule has 1 aromatic rings. The van der Waals surface area contributed by atoms with E-state index >= 15 is 0 Å². The maximum Gasteiger partial charge on any atom is 0.231 e. The van der Waals surface area contributed by atoms with Gasteiger partial charge in [-0.05, 0) is 51.2 Å². The first-order valence-corrected chi connectivity index (χ1v) is 7.60. The van der Waals surface area contributed by atoms with Crippen LogP contribution in [-0.4, -0.2) is 61.5 Å². The molecule has 0 saturated carbocycles. The molecule has 0 aliphatic carbocycles. The maximum absolute atomic E-state index is 10.4. The second-order valence-corrected chi connectivity index (χ2v) is 6.13. The molecule has 2 heterocycles. The number of rotatable bonds is 5. The van der Waals surface area contributed by atoms with Gasteiger partial charge in [0.25, 0.3) is 0 Å². The first-order chi connectivity index (χ1) is 10.1. The fraction of sp³-hybridized carbons (Fsp3) is 0.625. The minimum atomic E-state index is -0.504. The Morgan fingerprint density at radius 3 is 2.95 bits per heavy atom. The van der Waals surface area contributed by atoms with Crippen LogP contribution in [0.3, 0.4) is 0 Å². The number of ether oxygens (including phenoxy) is 2. The van der Waals surface area contributed by atoms with Crippen LogP contribution in [0.4, 0.5) is 0 Å². The Morgan fingerprint density at radius 1 is 1.38 bits per heavy atom. The van der Waals surface area contributed by atoms with E-state index in [1.54, 1.807) is 0 Å². The van der Waals surface area contributed by atoms with Gasteiger partial charge in [-0.1, -0.05) is 6.07 Å². The minimum absolute atomic E-state index is 0.267. The van der Waals surface area contributed by atoms with Gasteiger partial charge in [-0.25, -0.2) is 0 Å². The molecule has 2 atom stereocenters. The maximum atomic E-state index is 10.4. The van der Waals surface area contributed by atoms with Gasteiger partial charge in [-0.3, -0.25) is 0 Å². The summed E-state index contributed by atoms with van der Waals surface area (Å²) in [6.07, 6.45) is 2.02. The molecule has 5 nitrogen and oxygen atoms in total. The van der Waals surface area contributed by atoms with Crippen LogP contribution in [0.15, 0.2) is 18.2 Å². The summed E-state index contributed by atoms with van der Waals surface area (Å²) >= 11 is 0. The average Bonchev–Trinajstić information content (AvgIpc) is 3.07. The van der Waals surface area contributed by atoms with E-state index < -0.39 is 6.10 Å². The molecule has 3 rings (SSSR count). The molecule has 1 N–H and O–H groups in total. The molecular weight excluding hydrogens is 268 g/mol. The fourth-order valence-electron chi connectivity index (χ4n) is 3.17. The Hall–Kier alpha value is -1.30. The van der Waals surface area contributed by atoms with Crippen LogP contribution in [0.1, 0.15) is 24.5 Å². The van der Waals surface area contributed by atoms with Crippen molar-refractivity contribution >= 4 is 0 Å². The smallest absolute Gasteiger partial charge is 0.231 e. The molecule has 2 aliphatic rings. The van der Waals surface area contributed by atoms with Crippen LogP contribution in [0.2, 0.25) is 0 Å². The van der Waals surface area contributed by atoms with E-state index in [0.29, 0.717) is 12.6 Å². The highest BCUT2D eigenvalue weighted by Gasteiger charge is 2.23. The highest BCUT2D eigenvalue weighted by Crippen LogP contribution is 2.34. The summed E-state index contributed by atoms with van der Waals surface area (Å²) in [5.74, 6) is 1.48. The van der Waals surface area contributed by atoms with Gasteiger partial charge in [0.1, 0.15) is 0 Å². The monoisotopic (exact) mass is 292 g/mol. The molecule has 0 aromatic heterocycles. The molecule has 1 saturated heterocycles. The summed E-state index contributed by atoms with van der Waals surface area (Å²) in [5, 5.41) is 10.4. The number of benzene rings is 1. The normalized spacial score (nSPS) is 23.0. The molecule has 0 amide bonds. The van der Waals surface area contributed by atoms with E-state index in [2.05, 4.69) is 23.9 Å². The molecule has 0 bridgehead atoms. The van der Waals surface area contributed by atoms with Gasteiger partial charge >= 0.3 is 0 Å². The Balaban J connectivity index is 1.56. The highest BCUT2D eigenvalue weighted by molar-refractivity contribution is 5.45. The number of likely N-dealkylation sites (N-methyl/N-ethyl adjacent to an activating group) is 2. The van der Waals surface area contributed by atoms with Crippen molar-refractivity contribution in [2.75, 3.05) is 40.5 Å². The molecule has 0 spiro atoms. The van der Waals surface area contributed by atoms with Crippen molar-refractivity contribution in [3.8, 4) is 11.5 Å². The second kappa shape index (κ2) is 6.22. The van der Waals surface area contributed by atoms with Crippen molar-refractivity contribution in [1.29, 1.82) is 0 Å². The van der Waals surface area contributed by atoms with Crippen LogP contribution in [0.25, 0.3) is 0 Å². The zero-order chi connectivity index (χ0) is 14.8. The Morgan fingerprint density at radius 2 is 2.19 bits per heavy atom. The molecule has 5 heteroatoms. The van der Waals surface area contributed by atoms with Crippen molar-refractivity contribution in [3.63, 3.8) is 0 Å². The number of aliphatic hydroxyl groups is 1. The molecule has 0 radical (unpaired) electrons. The molecule has 21 heavy (non-hydrogen) atoms. The largest absolute Gasteiger partial charge is 0.454 e. The summed E-state index contributed by atoms with van der Waals surface area (Å²) in [6.45, 7) is 3.08. The standard InChI is InChI=1S/C16H24N2O3/c1-17(9-13-4-3-7-18(13)2)10-14(19)12-5-6-15-16(8-12)21-11-20-15/h5-6,8,13-14,19H,3-4,7,9-11H2,1-2H3. The van der Waals surface area contributed by atoms with Crippen LogP contribution >= 0.6 is 0 Å². The quantitative estimate of drug-likeness (QED) is 0.890. The van der Waals surface area contributed by atoms with Gasteiger partial charge in [-0.2, -0.15) is 0 Å². The lowest BCUT2D eigenvalue weighted by atomic mass is 10.1. The van der Waals surface area contributed by atoms with E-state index in [1.807, 2.05) is 18.2 Å². The summed E-state index contributed by atoms with van der Waals surface area (Å²) in [4.78, 5) is 4.62. The van der Waals surface area contributed by atoms with Crippen LogP contribution < -0.4 is 9.47 Å². The number of aliphatic hydroxyl groups excluding tert-OH is 1. The highest BCUT2D eigenvalue weighted by atomic mass is 16.7. The van der Waals surface area contributed by atoms with E-state index in [9.17, 15) is 5.11 Å². The third kappa shape index (κ3) is 3.31. The molecule has 1 fully saturated rings. The van der Waals surface area contributed by atoms with Gasteiger partial charge in [0.2, 0.25) is 6.79 Å². The van der Waals surface area contributed by atoms with Gasteiger partial charge in [0, 0.05) is 19.1 Å². The number of nitrogens with zero attached hydrogens (tertiary/aromatic N) is 2. The van der Waals surface area contributed by atoms with E-state index in [1.165, 1.54) is 19.4 Å². The topological polar surface area (TPSA) is 45.2 Å². The molecule has 2 unspecified atom stereocenters. The first kappa shape index (κ1) is 14.6. The second-order valence-electron chi connectivity index (χ2n) is 6.13. The summed E-state index contributed by atoms with van der Waals surface area (Å²) in [7, 11) is 4.25. The van der Waals surface area contributed by atoms with Crippen molar-refractivity contribution in [3.05, 3.63) is 23.8 Å². The minimum Gasteiger partial charge on any atom is -0.454 e. The summed E-state index contributed by atoms with van der Waals surface area (Å²) in [5.41, 5.74) is 0.880. The molecular formula is C16H24N2O3. The molecule has 116 valence electrons. The Kier molecular flexibility index (Phi) is 4.33. The summed E-state index contributed by atoms with van der Waals surface area (Å²) in [6, 6.07) is 6.26. The van der Waals surface area contributed by atoms with Crippen molar-refractivity contribution in [2.45, 2.75) is 25.0 Å². The Bertz CT molecular complexity index is 494. The van der Waals surface area contributed by atoms with E-state index in [0.717, 1.165) is 23.6 Å². The third-order valence-corrected chi connectivity index (χ3v) is 4.46.